The third-order valence-corrected chi connectivity index (χ3v) is 3.18. The Hall–Kier alpha value is -1.31. The molecule has 1 fully saturated rings. The molecule has 2 heterocycles. The van der Waals surface area contributed by atoms with Crippen molar-refractivity contribution >= 4 is 23.2 Å². The number of piperazine rings is 1. The molecule has 6 nitrogen and oxygen atoms in total. The fraction of sp³-hybridized carbons (Fsp3) is 0.545. The number of β-amino-alcohol motifs (C(OH)–C–C–N with tert-alkyl or cyclic N) is 1. The van der Waals surface area contributed by atoms with Crippen LogP contribution in [0.5, 0.6) is 0 Å². The molecule has 7 heteroatoms. The lowest BCUT2D eigenvalue weighted by Crippen LogP contribution is -2.47. The monoisotopic (exact) mass is 267 g/mol. The molecular weight excluding hydrogens is 250 g/mol. The highest BCUT2D eigenvalue weighted by Crippen LogP contribution is 2.11. The Labute approximate surface area is 111 Å². The van der Waals surface area contributed by atoms with Gasteiger partial charge in [0.2, 0.25) is 5.95 Å². The lowest BCUT2D eigenvalue weighted by molar-refractivity contribution is 0.188. The second kappa shape index (κ2) is 6.03. The van der Waals surface area contributed by atoms with Crippen LogP contribution < -0.4 is 10.6 Å². The summed E-state index contributed by atoms with van der Waals surface area (Å²) in [4.78, 5) is 13.2. The standard InChI is InChI=1S/C11H17N5OS/c12-10(18)9-1-2-13-11(14-9)16-5-3-15(4-6-16)7-8-17/h1-2,17H,3-8H2,(H2,12,18). The van der Waals surface area contributed by atoms with Gasteiger partial charge in [0, 0.05) is 38.9 Å². The van der Waals surface area contributed by atoms with Gasteiger partial charge in [-0.2, -0.15) is 0 Å². The van der Waals surface area contributed by atoms with Crippen LogP contribution >= 0.6 is 12.2 Å². The van der Waals surface area contributed by atoms with Crippen LogP contribution in [-0.4, -0.2) is 64.3 Å². The molecule has 1 aromatic rings. The van der Waals surface area contributed by atoms with Crippen LogP contribution in [0.1, 0.15) is 5.69 Å². The molecule has 0 radical (unpaired) electrons. The number of aliphatic hydroxyl groups excluding tert-OH is 1. The Morgan fingerprint density at radius 2 is 2.11 bits per heavy atom. The maximum Gasteiger partial charge on any atom is 0.226 e. The van der Waals surface area contributed by atoms with Crippen LogP contribution in [0, 0.1) is 0 Å². The zero-order valence-corrected chi connectivity index (χ0v) is 10.9. The van der Waals surface area contributed by atoms with E-state index in [1.807, 2.05) is 0 Å². The van der Waals surface area contributed by atoms with Gasteiger partial charge < -0.3 is 15.7 Å². The van der Waals surface area contributed by atoms with E-state index in [1.54, 1.807) is 12.3 Å². The molecule has 0 aromatic carbocycles. The summed E-state index contributed by atoms with van der Waals surface area (Å²) in [6, 6.07) is 1.72. The maximum atomic E-state index is 8.89. The highest BCUT2D eigenvalue weighted by molar-refractivity contribution is 7.80. The minimum absolute atomic E-state index is 0.202. The normalized spacial score (nSPS) is 16.8. The zero-order valence-electron chi connectivity index (χ0n) is 10.1. The van der Waals surface area contributed by atoms with E-state index < -0.39 is 0 Å². The van der Waals surface area contributed by atoms with Crippen molar-refractivity contribution in [2.75, 3.05) is 44.2 Å². The summed E-state index contributed by atoms with van der Waals surface area (Å²) in [5, 5.41) is 8.89. The lowest BCUT2D eigenvalue weighted by atomic mass is 10.3. The molecule has 0 atom stereocenters. The highest BCUT2D eigenvalue weighted by atomic mass is 32.1. The molecule has 0 saturated carbocycles. The molecule has 0 spiro atoms. The maximum absolute atomic E-state index is 8.89. The Morgan fingerprint density at radius 3 is 2.72 bits per heavy atom. The van der Waals surface area contributed by atoms with Gasteiger partial charge in [0.05, 0.1) is 6.61 Å². The first-order valence-electron chi connectivity index (χ1n) is 5.91. The Kier molecular flexibility index (Phi) is 4.40. The van der Waals surface area contributed by atoms with Gasteiger partial charge >= 0.3 is 0 Å². The number of rotatable bonds is 4. The van der Waals surface area contributed by atoms with E-state index in [1.165, 1.54) is 0 Å². The molecule has 2 rings (SSSR count). The van der Waals surface area contributed by atoms with E-state index in [-0.39, 0.29) is 11.6 Å². The van der Waals surface area contributed by atoms with Gasteiger partial charge in [-0.1, -0.05) is 12.2 Å². The number of thiocarbonyl (C=S) groups is 1. The predicted molar refractivity (Wildman–Crippen MR) is 73.7 cm³/mol. The SMILES string of the molecule is NC(=S)c1ccnc(N2CCN(CCO)CC2)n1. The van der Waals surface area contributed by atoms with Gasteiger partial charge in [-0.3, -0.25) is 4.90 Å². The molecule has 0 unspecified atom stereocenters. The highest BCUT2D eigenvalue weighted by Gasteiger charge is 2.18. The van der Waals surface area contributed by atoms with E-state index in [0.717, 1.165) is 32.7 Å². The molecular formula is C11H17N5OS. The van der Waals surface area contributed by atoms with E-state index in [9.17, 15) is 0 Å². The summed E-state index contributed by atoms with van der Waals surface area (Å²) in [5.74, 6) is 0.670. The first kappa shape index (κ1) is 13.1. The third-order valence-electron chi connectivity index (χ3n) is 2.97. The van der Waals surface area contributed by atoms with E-state index in [2.05, 4.69) is 19.8 Å². The summed E-state index contributed by atoms with van der Waals surface area (Å²) in [6.07, 6.45) is 1.68. The number of aliphatic hydroxyl groups is 1. The number of anilines is 1. The summed E-state index contributed by atoms with van der Waals surface area (Å²) in [6.45, 7) is 4.43. The first-order valence-corrected chi connectivity index (χ1v) is 6.32. The lowest BCUT2D eigenvalue weighted by Gasteiger charge is -2.34. The van der Waals surface area contributed by atoms with Gasteiger partial charge in [-0.05, 0) is 6.07 Å². The fourth-order valence-electron chi connectivity index (χ4n) is 1.95. The third kappa shape index (κ3) is 3.12. The molecule has 1 aliphatic heterocycles. The fourth-order valence-corrected chi connectivity index (χ4v) is 2.06. The largest absolute Gasteiger partial charge is 0.395 e. The second-order valence-corrected chi connectivity index (χ2v) is 4.60. The summed E-state index contributed by atoms with van der Waals surface area (Å²) in [5.41, 5.74) is 6.16. The van der Waals surface area contributed by atoms with Gasteiger partial charge in [0.1, 0.15) is 10.7 Å². The number of hydrogen-bond acceptors (Lipinski definition) is 6. The van der Waals surface area contributed by atoms with Gasteiger partial charge in [0.15, 0.2) is 0 Å². The van der Waals surface area contributed by atoms with Crippen molar-refractivity contribution in [3.63, 3.8) is 0 Å². The van der Waals surface area contributed by atoms with Crippen LogP contribution in [0.4, 0.5) is 5.95 Å². The Morgan fingerprint density at radius 1 is 1.39 bits per heavy atom. The number of hydrogen-bond donors (Lipinski definition) is 2. The average Bonchev–Trinajstić information content (AvgIpc) is 2.40. The molecule has 1 aliphatic rings. The molecule has 18 heavy (non-hydrogen) atoms. The molecule has 1 aromatic heterocycles. The number of nitrogens with zero attached hydrogens (tertiary/aromatic N) is 4. The van der Waals surface area contributed by atoms with Crippen LogP contribution in [0.3, 0.4) is 0 Å². The quantitative estimate of drug-likeness (QED) is 0.693. The minimum atomic E-state index is 0.202. The van der Waals surface area contributed by atoms with Crippen molar-refractivity contribution in [1.29, 1.82) is 0 Å². The van der Waals surface area contributed by atoms with Gasteiger partial charge in [-0.25, -0.2) is 9.97 Å². The van der Waals surface area contributed by atoms with Crippen molar-refractivity contribution in [2.45, 2.75) is 0 Å². The van der Waals surface area contributed by atoms with Crippen molar-refractivity contribution in [3.8, 4) is 0 Å². The smallest absolute Gasteiger partial charge is 0.226 e. The Bertz CT molecular complexity index is 420. The zero-order chi connectivity index (χ0) is 13.0. The molecule has 0 aliphatic carbocycles. The second-order valence-electron chi connectivity index (χ2n) is 4.16. The van der Waals surface area contributed by atoms with Gasteiger partial charge in [0.25, 0.3) is 0 Å². The van der Waals surface area contributed by atoms with Crippen LogP contribution in [0.25, 0.3) is 0 Å². The van der Waals surface area contributed by atoms with Crippen molar-refractivity contribution in [1.82, 2.24) is 14.9 Å². The number of aromatic nitrogens is 2. The summed E-state index contributed by atoms with van der Waals surface area (Å²) >= 11 is 4.91. The Balaban J connectivity index is 2.01. The molecule has 98 valence electrons. The summed E-state index contributed by atoms with van der Waals surface area (Å²) in [7, 11) is 0. The van der Waals surface area contributed by atoms with Gasteiger partial charge in [-0.15, -0.1) is 0 Å². The van der Waals surface area contributed by atoms with Crippen LogP contribution in [0.15, 0.2) is 12.3 Å². The van der Waals surface area contributed by atoms with E-state index >= 15 is 0 Å². The molecule has 3 N–H and O–H groups in total. The molecule has 1 saturated heterocycles. The topological polar surface area (TPSA) is 78.5 Å². The van der Waals surface area contributed by atoms with Crippen molar-refractivity contribution in [2.24, 2.45) is 5.73 Å². The van der Waals surface area contributed by atoms with E-state index in [0.29, 0.717) is 11.6 Å². The predicted octanol–water partition coefficient (Wildman–Crippen LogP) is -0.775. The molecule has 0 amide bonds. The summed E-state index contributed by atoms with van der Waals surface area (Å²) < 4.78 is 0. The van der Waals surface area contributed by atoms with Crippen molar-refractivity contribution in [3.05, 3.63) is 18.0 Å². The molecule has 0 bridgehead atoms. The van der Waals surface area contributed by atoms with Crippen LogP contribution in [-0.2, 0) is 0 Å². The van der Waals surface area contributed by atoms with E-state index in [4.69, 9.17) is 23.1 Å². The number of nitrogens with two attached hydrogens (primary N) is 1. The van der Waals surface area contributed by atoms with Crippen LogP contribution in [0.2, 0.25) is 0 Å². The average molecular weight is 267 g/mol. The first-order chi connectivity index (χ1) is 8.70. The minimum Gasteiger partial charge on any atom is -0.395 e. The van der Waals surface area contributed by atoms with Crippen molar-refractivity contribution < 1.29 is 5.11 Å².